The zero-order chi connectivity index (χ0) is 14.5. The van der Waals surface area contributed by atoms with Gasteiger partial charge in [0.25, 0.3) is 0 Å². The van der Waals surface area contributed by atoms with Crippen LogP contribution in [0.15, 0.2) is 43.1 Å². The maximum Gasteiger partial charge on any atom is 0.108 e. The Hall–Kier alpha value is -2.43. The highest BCUT2D eigenvalue weighted by atomic mass is 15.1. The summed E-state index contributed by atoms with van der Waals surface area (Å²) in [5, 5.41) is 4.49. The highest BCUT2D eigenvalue weighted by Crippen LogP contribution is 2.18. The number of nitrogens with zero attached hydrogens (tertiary/aromatic N) is 4. The van der Waals surface area contributed by atoms with Crippen LogP contribution in [0.5, 0.6) is 0 Å². The fourth-order valence-electron chi connectivity index (χ4n) is 2.46. The number of hydrogen-bond donors (Lipinski definition) is 1. The largest absolute Gasteiger partial charge is 0.382 e. The van der Waals surface area contributed by atoms with Gasteiger partial charge in [-0.25, -0.2) is 4.98 Å². The summed E-state index contributed by atoms with van der Waals surface area (Å²) in [6.45, 7) is 3.99. The molecule has 21 heavy (non-hydrogen) atoms. The summed E-state index contributed by atoms with van der Waals surface area (Å²) in [6, 6.07) is 3.96. The van der Waals surface area contributed by atoms with Crippen molar-refractivity contribution in [1.29, 1.82) is 0 Å². The van der Waals surface area contributed by atoms with Gasteiger partial charge in [-0.1, -0.05) is 6.92 Å². The monoisotopic (exact) mass is 281 g/mol. The van der Waals surface area contributed by atoms with Gasteiger partial charge in [0.1, 0.15) is 5.82 Å². The second-order valence-corrected chi connectivity index (χ2v) is 4.93. The maximum atomic E-state index is 4.42. The second-order valence-electron chi connectivity index (χ2n) is 4.93. The van der Waals surface area contributed by atoms with E-state index >= 15 is 0 Å². The molecule has 0 saturated carbocycles. The van der Waals surface area contributed by atoms with Crippen LogP contribution in [0.25, 0.3) is 10.9 Å². The van der Waals surface area contributed by atoms with Crippen molar-refractivity contribution in [2.24, 2.45) is 0 Å². The highest BCUT2D eigenvalue weighted by Gasteiger charge is 2.02. The van der Waals surface area contributed by atoms with Crippen molar-refractivity contribution in [2.45, 2.75) is 26.3 Å². The molecule has 1 N–H and O–H groups in total. The summed E-state index contributed by atoms with van der Waals surface area (Å²) in [6.07, 6.45) is 11.4. The Bertz CT molecular complexity index is 714. The minimum atomic E-state index is 0.888. The van der Waals surface area contributed by atoms with Gasteiger partial charge in [-0.05, 0) is 18.6 Å². The van der Waals surface area contributed by atoms with E-state index in [1.807, 2.05) is 43.1 Å². The minimum Gasteiger partial charge on any atom is -0.382 e. The number of aromatic nitrogens is 4. The lowest BCUT2D eigenvalue weighted by Crippen LogP contribution is -2.09. The van der Waals surface area contributed by atoms with E-state index in [0.29, 0.717) is 0 Å². The van der Waals surface area contributed by atoms with Gasteiger partial charge in [-0.15, -0.1) is 0 Å². The first-order chi connectivity index (χ1) is 10.4. The molecular formula is C16H19N5. The van der Waals surface area contributed by atoms with Gasteiger partial charge in [0.15, 0.2) is 0 Å². The first-order valence-electron chi connectivity index (χ1n) is 7.31. The summed E-state index contributed by atoms with van der Waals surface area (Å²) in [4.78, 5) is 13.0. The molecule has 0 aliphatic rings. The van der Waals surface area contributed by atoms with Crippen molar-refractivity contribution < 1.29 is 0 Å². The number of rotatable bonds is 6. The van der Waals surface area contributed by atoms with Crippen molar-refractivity contribution >= 4 is 16.6 Å². The maximum absolute atomic E-state index is 4.42. The van der Waals surface area contributed by atoms with Crippen molar-refractivity contribution in [2.75, 3.05) is 11.9 Å². The zero-order valence-electron chi connectivity index (χ0n) is 12.2. The number of fused-ring (bicyclic) bond motifs is 1. The molecule has 5 nitrogen and oxygen atoms in total. The summed E-state index contributed by atoms with van der Waals surface area (Å²) < 4.78 is 2.21. The molecule has 3 heterocycles. The molecule has 0 bridgehead atoms. The lowest BCUT2D eigenvalue weighted by Gasteiger charge is -2.10. The number of aryl methyl sites for hydroxylation is 2. The first kappa shape index (κ1) is 13.5. The van der Waals surface area contributed by atoms with Gasteiger partial charge < -0.3 is 9.88 Å². The summed E-state index contributed by atoms with van der Waals surface area (Å²) >= 11 is 0. The normalized spacial score (nSPS) is 10.9. The summed E-state index contributed by atoms with van der Waals surface area (Å²) in [5.74, 6) is 1.14. The van der Waals surface area contributed by atoms with Crippen LogP contribution in [-0.4, -0.2) is 26.1 Å². The third-order valence-corrected chi connectivity index (χ3v) is 3.52. The van der Waals surface area contributed by atoms with Crippen molar-refractivity contribution in [3.05, 3.63) is 48.9 Å². The molecule has 5 heteroatoms. The third kappa shape index (κ3) is 3.02. The quantitative estimate of drug-likeness (QED) is 0.706. The molecule has 0 radical (unpaired) electrons. The molecule has 0 amide bonds. The van der Waals surface area contributed by atoms with Crippen molar-refractivity contribution in [1.82, 2.24) is 19.5 Å². The average molecular weight is 281 g/mol. The van der Waals surface area contributed by atoms with E-state index in [1.54, 1.807) is 0 Å². The Labute approximate surface area is 124 Å². The average Bonchev–Trinajstić information content (AvgIpc) is 2.99. The van der Waals surface area contributed by atoms with E-state index in [1.165, 1.54) is 0 Å². The van der Waals surface area contributed by atoms with Crippen LogP contribution in [0, 0.1) is 0 Å². The molecule has 0 atom stereocenters. The fraction of sp³-hybridized carbons (Fsp3) is 0.312. The Kier molecular flexibility index (Phi) is 4.09. The Morgan fingerprint density at radius 2 is 2.14 bits per heavy atom. The van der Waals surface area contributed by atoms with Crippen molar-refractivity contribution in [3.8, 4) is 0 Å². The van der Waals surface area contributed by atoms with E-state index in [0.717, 1.165) is 48.3 Å². The van der Waals surface area contributed by atoms with Crippen LogP contribution >= 0.6 is 0 Å². The number of anilines is 1. The van der Waals surface area contributed by atoms with Crippen LogP contribution in [0.4, 0.5) is 5.69 Å². The molecule has 3 aromatic rings. The van der Waals surface area contributed by atoms with Crippen LogP contribution in [0.3, 0.4) is 0 Å². The standard InChI is InChI=1S/C16H19N5/c1-2-15-19-8-10-21(15)9-4-7-18-14-12-17-11-13-5-3-6-20-16(13)14/h3,5-6,8,10-12,18H,2,4,7,9H2,1H3. The summed E-state index contributed by atoms with van der Waals surface area (Å²) in [5.41, 5.74) is 1.97. The molecule has 0 saturated heterocycles. The van der Waals surface area contributed by atoms with E-state index in [9.17, 15) is 0 Å². The molecule has 3 rings (SSSR count). The SMILES string of the molecule is CCc1nccn1CCCNc1cncc2cccnc12. The number of hydrogen-bond acceptors (Lipinski definition) is 4. The molecule has 0 aromatic carbocycles. The van der Waals surface area contributed by atoms with Gasteiger partial charge in [-0.3, -0.25) is 9.97 Å². The topological polar surface area (TPSA) is 55.6 Å². The summed E-state index contributed by atoms with van der Waals surface area (Å²) in [7, 11) is 0. The van der Waals surface area contributed by atoms with Gasteiger partial charge >= 0.3 is 0 Å². The Balaban J connectivity index is 1.60. The van der Waals surface area contributed by atoms with Crippen LogP contribution < -0.4 is 5.32 Å². The van der Waals surface area contributed by atoms with Crippen molar-refractivity contribution in [3.63, 3.8) is 0 Å². The lowest BCUT2D eigenvalue weighted by molar-refractivity contribution is 0.629. The van der Waals surface area contributed by atoms with E-state index in [2.05, 4.69) is 31.8 Å². The molecule has 3 aromatic heterocycles. The molecular weight excluding hydrogens is 262 g/mol. The number of nitrogens with one attached hydrogen (secondary N) is 1. The Morgan fingerprint density at radius 1 is 1.19 bits per heavy atom. The predicted octanol–water partition coefficient (Wildman–Crippen LogP) is 2.89. The first-order valence-corrected chi connectivity index (χ1v) is 7.31. The number of pyridine rings is 2. The van der Waals surface area contributed by atoms with Gasteiger partial charge in [0.2, 0.25) is 0 Å². The van der Waals surface area contributed by atoms with Crippen LogP contribution in [0.1, 0.15) is 19.2 Å². The second kappa shape index (κ2) is 6.35. The van der Waals surface area contributed by atoms with Gasteiger partial charge in [-0.2, -0.15) is 0 Å². The Morgan fingerprint density at radius 3 is 3.05 bits per heavy atom. The van der Waals surface area contributed by atoms with E-state index in [4.69, 9.17) is 0 Å². The molecule has 0 aliphatic carbocycles. The van der Waals surface area contributed by atoms with E-state index < -0.39 is 0 Å². The van der Waals surface area contributed by atoms with E-state index in [-0.39, 0.29) is 0 Å². The van der Waals surface area contributed by atoms with Crippen LogP contribution in [0.2, 0.25) is 0 Å². The predicted molar refractivity (Wildman–Crippen MR) is 84.2 cm³/mol. The third-order valence-electron chi connectivity index (χ3n) is 3.52. The highest BCUT2D eigenvalue weighted by molar-refractivity contribution is 5.88. The minimum absolute atomic E-state index is 0.888. The molecule has 0 unspecified atom stereocenters. The fourth-order valence-corrected chi connectivity index (χ4v) is 2.46. The van der Waals surface area contributed by atoms with Gasteiger partial charge in [0.05, 0.1) is 17.4 Å². The molecule has 0 spiro atoms. The molecule has 108 valence electrons. The molecule has 0 aliphatic heterocycles. The smallest absolute Gasteiger partial charge is 0.108 e. The van der Waals surface area contributed by atoms with Gasteiger partial charge in [0, 0.05) is 49.7 Å². The lowest BCUT2D eigenvalue weighted by atomic mass is 10.2. The number of imidazole rings is 1. The van der Waals surface area contributed by atoms with Crippen LogP contribution in [-0.2, 0) is 13.0 Å². The zero-order valence-corrected chi connectivity index (χ0v) is 12.2. The molecule has 0 fully saturated rings.